The highest BCUT2D eigenvalue weighted by atomic mass is 16.1. The predicted octanol–water partition coefficient (Wildman–Crippen LogP) is 1.11. The quantitative estimate of drug-likeness (QED) is 0.600. The third kappa shape index (κ3) is 1.03. The summed E-state index contributed by atoms with van der Waals surface area (Å²) in [5.74, 6) is 0.00347. The summed E-state index contributed by atoms with van der Waals surface area (Å²) in [5, 5.41) is 5.81. The van der Waals surface area contributed by atoms with Crippen molar-refractivity contribution in [1.29, 1.82) is 0 Å². The van der Waals surface area contributed by atoms with Gasteiger partial charge in [0.05, 0.1) is 12.2 Å². The Kier molecular flexibility index (Phi) is 1.50. The molecule has 1 aromatic carbocycles. The van der Waals surface area contributed by atoms with Gasteiger partial charge in [-0.25, -0.2) is 0 Å². The van der Waals surface area contributed by atoms with Gasteiger partial charge in [-0.05, 0) is 24.6 Å². The fraction of sp³-hybridized carbons (Fsp3) is 0.222. The Labute approximate surface area is 70.8 Å². The number of rotatable bonds is 0. The molecule has 0 saturated carbocycles. The topological polar surface area (TPSA) is 41.1 Å². The van der Waals surface area contributed by atoms with E-state index in [2.05, 4.69) is 10.6 Å². The number of nitrogens with one attached hydrogen (secondary N) is 2. The smallest absolute Gasteiger partial charge is 0.254 e. The van der Waals surface area contributed by atoms with Gasteiger partial charge < -0.3 is 10.6 Å². The van der Waals surface area contributed by atoms with Crippen molar-refractivity contribution < 1.29 is 4.79 Å². The van der Waals surface area contributed by atoms with Gasteiger partial charge in [0.1, 0.15) is 0 Å². The first-order valence-electron chi connectivity index (χ1n) is 3.90. The minimum absolute atomic E-state index is 0.00347. The molecule has 0 spiro atoms. The van der Waals surface area contributed by atoms with E-state index >= 15 is 0 Å². The van der Waals surface area contributed by atoms with E-state index in [0.29, 0.717) is 6.67 Å². The van der Waals surface area contributed by atoms with E-state index in [-0.39, 0.29) is 5.91 Å². The summed E-state index contributed by atoms with van der Waals surface area (Å²) in [4.78, 5) is 11.2. The normalized spacial score (nSPS) is 14.6. The summed E-state index contributed by atoms with van der Waals surface area (Å²) in [6, 6.07) is 5.76. The van der Waals surface area contributed by atoms with Gasteiger partial charge in [-0.2, -0.15) is 0 Å². The molecule has 2 N–H and O–H groups in total. The standard InChI is InChI=1S/C9H10N2O/c1-6-2-3-7-8(4-6)10-5-11-9(7)12/h2-4,10H,5H2,1H3,(H,11,12). The lowest BCUT2D eigenvalue weighted by atomic mass is 10.1. The van der Waals surface area contributed by atoms with E-state index in [9.17, 15) is 4.79 Å². The lowest BCUT2D eigenvalue weighted by Crippen LogP contribution is -2.34. The van der Waals surface area contributed by atoms with Crippen molar-refractivity contribution in [2.75, 3.05) is 12.0 Å². The zero-order chi connectivity index (χ0) is 8.55. The second-order valence-corrected chi connectivity index (χ2v) is 2.91. The Bertz CT molecular complexity index is 333. The molecule has 62 valence electrons. The number of anilines is 1. The molecule has 0 radical (unpaired) electrons. The van der Waals surface area contributed by atoms with E-state index in [1.807, 2.05) is 25.1 Å². The third-order valence-corrected chi connectivity index (χ3v) is 1.95. The lowest BCUT2D eigenvalue weighted by Gasteiger charge is -2.18. The van der Waals surface area contributed by atoms with Crippen molar-refractivity contribution in [3.63, 3.8) is 0 Å². The second kappa shape index (κ2) is 2.52. The van der Waals surface area contributed by atoms with E-state index < -0.39 is 0 Å². The van der Waals surface area contributed by atoms with Crippen molar-refractivity contribution >= 4 is 11.6 Å². The molecule has 1 heterocycles. The van der Waals surface area contributed by atoms with E-state index in [1.165, 1.54) is 0 Å². The van der Waals surface area contributed by atoms with Crippen LogP contribution in [0, 0.1) is 6.92 Å². The first kappa shape index (κ1) is 7.16. The summed E-state index contributed by atoms with van der Waals surface area (Å²) >= 11 is 0. The first-order chi connectivity index (χ1) is 5.77. The Morgan fingerprint density at radius 2 is 2.17 bits per heavy atom. The molecule has 1 aromatic rings. The van der Waals surface area contributed by atoms with Gasteiger partial charge in [-0.1, -0.05) is 6.07 Å². The zero-order valence-electron chi connectivity index (χ0n) is 6.85. The van der Waals surface area contributed by atoms with Crippen molar-refractivity contribution in [3.05, 3.63) is 29.3 Å². The van der Waals surface area contributed by atoms with Crippen molar-refractivity contribution in [2.45, 2.75) is 6.92 Å². The first-order valence-corrected chi connectivity index (χ1v) is 3.90. The highest BCUT2D eigenvalue weighted by Gasteiger charge is 2.14. The van der Waals surface area contributed by atoms with Gasteiger partial charge >= 0.3 is 0 Å². The minimum Gasteiger partial charge on any atom is -0.367 e. The zero-order valence-corrected chi connectivity index (χ0v) is 6.85. The van der Waals surface area contributed by atoms with E-state index in [4.69, 9.17) is 0 Å². The Hall–Kier alpha value is -1.51. The summed E-state index contributed by atoms with van der Waals surface area (Å²) in [6.07, 6.45) is 0. The predicted molar refractivity (Wildman–Crippen MR) is 47.1 cm³/mol. The van der Waals surface area contributed by atoms with Crippen molar-refractivity contribution in [3.8, 4) is 0 Å². The SMILES string of the molecule is Cc1ccc2c(c1)NCNC2=O. The molecule has 0 aliphatic carbocycles. The molecule has 0 fully saturated rings. The van der Waals surface area contributed by atoms with Gasteiger partial charge in [0.25, 0.3) is 5.91 Å². The maximum atomic E-state index is 11.2. The molecule has 3 heteroatoms. The molecule has 3 nitrogen and oxygen atoms in total. The number of carbonyl (C=O) groups is 1. The number of carbonyl (C=O) groups excluding carboxylic acids is 1. The highest BCUT2D eigenvalue weighted by molar-refractivity contribution is 6.01. The van der Waals surface area contributed by atoms with Crippen LogP contribution < -0.4 is 10.6 Å². The lowest BCUT2D eigenvalue weighted by molar-refractivity contribution is 0.0953. The van der Waals surface area contributed by atoms with Crippen LogP contribution in [0.1, 0.15) is 15.9 Å². The average Bonchev–Trinajstić information content (AvgIpc) is 2.04. The average molecular weight is 162 g/mol. The molecule has 0 atom stereocenters. The van der Waals surface area contributed by atoms with Crippen molar-refractivity contribution in [1.82, 2.24) is 5.32 Å². The van der Waals surface area contributed by atoms with Crippen LogP contribution in [-0.2, 0) is 0 Å². The molecular formula is C9H10N2O. The molecule has 0 bridgehead atoms. The summed E-state index contributed by atoms with van der Waals surface area (Å²) in [5.41, 5.74) is 2.82. The summed E-state index contributed by atoms with van der Waals surface area (Å²) in [6.45, 7) is 2.53. The molecule has 1 aliphatic rings. The molecule has 1 aliphatic heterocycles. The van der Waals surface area contributed by atoms with Crippen LogP contribution in [0.4, 0.5) is 5.69 Å². The summed E-state index contributed by atoms with van der Waals surface area (Å²) < 4.78 is 0. The maximum Gasteiger partial charge on any atom is 0.254 e. The van der Waals surface area contributed by atoms with Gasteiger partial charge in [-0.15, -0.1) is 0 Å². The molecule has 2 rings (SSSR count). The number of hydrogen-bond donors (Lipinski definition) is 2. The van der Waals surface area contributed by atoms with Gasteiger partial charge in [-0.3, -0.25) is 4.79 Å². The van der Waals surface area contributed by atoms with Gasteiger partial charge in [0.15, 0.2) is 0 Å². The van der Waals surface area contributed by atoms with Crippen LogP contribution in [0.15, 0.2) is 18.2 Å². The van der Waals surface area contributed by atoms with Crippen LogP contribution in [0.3, 0.4) is 0 Å². The molecule has 0 unspecified atom stereocenters. The van der Waals surface area contributed by atoms with Crippen LogP contribution in [0.25, 0.3) is 0 Å². The number of fused-ring (bicyclic) bond motifs is 1. The maximum absolute atomic E-state index is 11.2. The molecule has 1 amide bonds. The molecule has 12 heavy (non-hydrogen) atoms. The monoisotopic (exact) mass is 162 g/mol. The van der Waals surface area contributed by atoms with Crippen LogP contribution >= 0.6 is 0 Å². The number of aryl methyl sites for hydroxylation is 1. The van der Waals surface area contributed by atoms with Gasteiger partial charge in [0.2, 0.25) is 0 Å². The van der Waals surface area contributed by atoms with Crippen molar-refractivity contribution in [2.24, 2.45) is 0 Å². The largest absolute Gasteiger partial charge is 0.367 e. The van der Waals surface area contributed by atoms with Crippen LogP contribution in [-0.4, -0.2) is 12.6 Å². The number of amides is 1. The van der Waals surface area contributed by atoms with E-state index in [0.717, 1.165) is 16.8 Å². The Morgan fingerprint density at radius 1 is 1.33 bits per heavy atom. The van der Waals surface area contributed by atoms with E-state index in [1.54, 1.807) is 0 Å². The Morgan fingerprint density at radius 3 is 3.00 bits per heavy atom. The fourth-order valence-corrected chi connectivity index (χ4v) is 1.32. The summed E-state index contributed by atoms with van der Waals surface area (Å²) in [7, 11) is 0. The fourth-order valence-electron chi connectivity index (χ4n) is 1.32. The molecule has 0 saturated heterocycles. The third-order valence-electron chi connectivity index (χ3n) is 1.95. The second-order valence-electron chi connectivity index (χ2n) is 2.91. The molecule has 0 aromatic heterocycles. The van der Waals surface area contributed by atoms with Crippen LogP contribution in [0.2, 0.25) is 0 Å². The number of benzene rings is 1. The molecular weight excluding hydrogens is 152 g/mol. The minimum atomic E-state index is 0.00347. The highest BCUT2D eigenvalue weighted by Crippen LogP contribution is 2.19. The number of hydrogen-bond acceptors (Lipinski definition) is 2. The van der Waals surface area contributed by atoms with Crippen LogP contribution in [0.5, 0.6) is 0 Å². The van der Waals surface area contributed by atoms with Gasteiger partial charge in [0, 0.05) is 5.69 Å². The Balaban J connectivity index is 2.53.